The Morgan fingerprint density at radius 2 is 2.05 bits per heavy atom. The molecule has 0 aromatic heterocycles. The number of amides is 3. The number of hydrogen-bond donors (Lipinski definition) is 1. The first-order chi connectivity index (χ1) is 9.52. The quantitative estimate of drug-likeness (QED) is 0.851. The summed E-state index contributed by atoms with van der Waals surface area (Å²) in [4.78, 5) is 25.3. The van der Waals surface area contributed by atoms with Crippen LogP contribution in [0.3, 0.4) is 0 Å². The first-order valence-electron chi connectivity index (χ1n) is 6.62. The highest BCUT2D eigenvalue weighted by Gasteiger charge is 2.38. The molecular weight excluding hydrogens is 254 g/mol. The Morgan fingerprint density at radius 3 is 2.70 bits per heavy atom. The van der Waals surface area contributed by atoms with Crippen LogP contribution in [-0.4, -0.2) is 22.9 Å². The Morgan fingerprint density at radius 1 is 1.35 bits per heavy atom. The van der Waals surface area contributed by atoms with Crippen LogP contribution in [0.2, 0.25) is 0 Å². The molecule has 5 nitrogen and oxygen atoms in total. The van der Waals surface area contributed by atoms with Crippen LogP contribution in [0.15, 0.2) is 24.3 Å². The number of nitrogens with one attached hydrogen (secondary N) is 1. The van der Waals surface area contributed by atoms with Gasteiger partial charge in [0.2, 0.25) is 0 Å². The molecule has 1 aliphatic heterocycles. The van der Waals surface area contributed by atoms with E-state index >= 15 is 0 Å². The molecule has 0 radical (unpaired) electrons. The molecule has 1 aliphatic rings. The number of benzene rings is 1. The van der Waals surface area contributed by atoms with Gasteiger partial charge < -0.3 is 5.32 Å². The topological polar surface area (TPSA) is 73.2 Å². The molecule has 1 atom stereocenters. The van der Waals surface area contributed by atoms with Crippen LogP contribution in [0.25, 0.3) is 0 Å². The van der Waals surface area contributed by atoms with Gasteiger partial charge in [-0.15, -0.1) is 0 Å². The molecule has 1 saturated heterocycles. The van der Waals surface area contributed by atoms with E-state index < -0.39 is 6.04 Å². The first kappa shape index (κ1) is 14.1. The molecule has 1 unspecified atom stereocenters. The van der Waals surface area contributed by atoms with Crippen molar-refractivity contribution >= 4 is 11.9 Å². The third-order valence-corrected chi connectivity index (χ3v) is 3.28. The molecule has 0 bridgehead atoms. The van der Waals surface area contributed by atoms with Crippen LogP contribution in [0, 0.1) is 17.2 Å². The number of rotatable bonds is 4. The molecule has 1 N–H and O–H groups in total. The van der Waals surface area contributed by atoms with Gasteiger partial charge in [-0.05, 0) is 24.0 Å². The van der Waals surface area contributed by atoms with E-state index in [-0.39, 0.29) is 18.5 Å². The number of nitrogens with zero attached hydrogens (tertiary/aromatic N) is 2. The predicted octanol–water partition coefficient (Wildman–Crippen LogP) is 2.02. The molecule has 1 fully saturated rings. The van der Waals surface area contributed by atoms with Gasteiger partial charge >= 0.3 is 6.03 Å². The summed E-state index contributed by atoms with van der Waals surface area (Å²) in [7, 11) is 0. The summed E-state index contributed by atoms with van der Waals surface area (Å²) in [5.74, 6) is 0.118. The zero-order valence-electron chi connectivity index (χ0n) is 11.6. The Balaban J connectivity index is 2.16. The van der Waals surface area contributed by atoms with Crippen molar-refractivity contribution in [3.63, 3.8) is 0 Å². The summed E-state index contributed by atoms with van der Waals surface area (Å²) < 4.78 is 0. The smallest absolute Gasteiger partial charge is 0.325 e. The van der Waals surface area contributed by atoms with Crippen molar-refractivity contribution < 1.29 is 9.59 Å². The number of imide groups is 1. The summed E-state index contributed by atoms with van der Waals surface area (Å²) in [6, 6.07) is 8.23. The van der Waals surface area contributed by atoms with E-state index in [1.807, 2.05) is 13.8 Å². The van der Waals surface area contributed by atoms with Crippen LogP contribution in [0.1, 0.15) is 31.4 Å². The average Bonchev–Trinajstić information content (AvgIpc) is 2.66. The summed E-state index contributed by atoms with van der Waals surface area (Å²) >= 11 is 0. The van der Waals surface area contributed by atoms with Crippen LogP contribution in [-0.2, 0) is 11.3 Å². The van der Waals surface area contributed by atoms with Crippen LogP contribution < -0.4 is 5.32 Å². The van der Waals surface area contributed by atoms with E-state index in [9.17, 15) is 9.59 Å². The fraction of sp³-hybridized carbons (Fsp3) is 0.400. The van der Waals surface area contributed by atoms with Gasteiger partial charge in [0, 0.05) is 0 Å². The second-order valence-corrected chi connectivity index (χ2v) is 5.32. The highest BCUT2D eigenvalue weighted by atomic mass is 16.2. The summed E-state index contributed by atoms with van der Waals surface area (Å²) in [6.45, 7) is 4.16. The van der Waals surface area contributed by atoms with E-state index in [0.29, 0.717) is 23.5 Å². The van der Waals surface area contributed by atoms with Crippen molar-refractivity contribution in [2.45, 2.75) is 32.9 Å². The highest BCUT2D eigenvalue weighted by Crippen LogP contribution is 2.18. The molecule has 5 heteroatoms. The molecule has 104 valence electrons. The van der Waals surface area contributed by atoms with Crippen LogP contribution in [0.5, 0.6) is 0 Å². The molecule has 3 amide bonds. The van der Waals surface area contributed by atoms with E-state index in [2.05, 4.69) is 11.4 Å². The number of carbonyl (C=O) groups is 2. The zero-order chi connectivity index (χ0) is 14.7. The van der Waals surface area contributed by atoms with Crippen molar-refractivity contribution in [1.29, 1.82) is 5.26 Å². The molecule has 1 aromatic rings. The Bertz CT molecular complexity index is 575. The van der Waals surface area contributed by atoms with Gasteiger partial charge in [0.25, 0.3) is 5.91 Å². The number of urea groups is 1. The van der Waals surface area contributed by atoms with Gasteiger partial charge in [-0.2, -0.15) is 5.26 Å². The normalized spacial score (nSPS) is 18.3. The maximum Gasteiger partial charge on any atom is 0.325 e. The summed E-state index contributed by atoms with van der Waals surface area (Å²) in [6.07, 6.45) is 0.626. The maximum atomic E-state index is 12.2. The lowest BCUT2D eigenvalue weighted by Crippen LogP contribution is -2.31. The van der Waals surface area contributed by atoms with Gasteiger partial charge in [-0.1, -0.05) is 32.0 Å². The number of hydrogen-bond acceptors (Lipinski definition) is 3. The van der Waals surface area contributed by atoms with Crippen molar-refractivity contribution in [3.05, 3.63) is 35.4 Å². The van der Waals surface area contributed by atoms with Gasteiger partial charge in [0.05, 0.1) is 18.2 Å². The van der Waals surface area contributed by atoms with E-state index in [0.717, 1.165) is 0 Å². The highest BCUT2D eigenvalue weighted by molar-refractivity contribution is 6.04. The van der Waals surface area contributed by atoms with E-state index in [1.54, 1.807) is 24.3 Å². The monoisotopic (exact) mass is 271 g/mol. The maximum absolute atomic E-state index is 12.2. The molecule has 1 heterocycles. The van der Waals surface area contributed by atoms with Crippen molar-refractivity contribution in [2.24, 2.45) is 5.92 Å². The standard InChI is InChI=1S/C15H17N3O2/c1-10(2)7-13-14(19)18(15(20)17-13)9-12-6-4-3-5-11(12)8-16/h3-6,10,13H,7,9H2,1-2H3,(H,17,20). The zero-order valence-corrected chi connectivity index (χ0v) is 11.6. The SMILES string of the molecule is CC(C)CC1NC(=O)N(Cc2ccccc2C#N)C1=O. The first-order valence-corrected chi connectivity index (χ1v) is 6.62. The van der Waals surface area contributed by atoms with E-state index in [1.165, 1.54) is 4.90 Å². The summed E-state index contributed by atoms with van der Waals surface area (Å²) in [5, 5.41) is 11.7. The molecule has 0 saturated carbocycles. The number of carbonyl (C=O) groups excluding carboxylic acids is 2. The lowest BCUT2D eigenvalue weighted by Gasteiger charge is -2.14. The Kier molecular flexibility index (Phi) is 4.04. The largest absolute Gasteiger partial charge is 0.326 e. The minimum atomic E-state index is -0.447. The third-order valence-electron chi connectivity index (χ3n) is 3.28. The van der Waals surface area contributed by atoms with Crippen molar-refractivity contribution in [1.82, 2.24) is 10.2 Å². The van der Waals surface area contributed by atoms with Gasteiger partial charge in [0.1, 0.15) is 6.04 Å². The van der Waals surface area contributed by atoms with Crippen molar-refractivity contribution in [2.75, 3.05) is 0 Å². The van der Waals surface area contributed by atoms with Crippen molar-refractivity contribution in [3.8, 4) is 6.07 Å². The molecule has 2 rings (SSSR count). The lowest BCUT2D eigenvalue weighted by atomic mass is 10.0. The lowest BCUT2D eigenvalue weighted by molar-refractivity contribution is -0.128. The molecule has 1 aromatic carbocycles. The van der Waals surface area contributed by atoms with Gasteiger partial charge in [0.15, 0.2) is 0 Å². The Hall–Kier alpha value is -2.35. The average molecular weight is 271 g/mol. The van der Waals surface area contributed by atoms with Gasteiger partial charge in [-0.25, -0.2) is 4.79 Å². The van der Waals surface area contributed by atoms with Crippen LogP contribution in [0.4, 0.5) is 4.79 Å². The fourth-order valence-electron chi connectivity index (χ4n) is 2.30. The third kappa shape index (κ3) is 2.80. The molecule has 0 spiro atoms. The van der Waals surface area contributed by atoms with E-state index in [4.69, 9.17) is 5.26 Å². The second-order valence-electron chi connectivity index (χ2n) is 5.32. The predicted molar refractivity (Wildman–Crippen MR) is 73.5 cm³/mol. The second kappa shape index (κ2) is 5.74. The molecule has 20 heavy (non-hydrogen) atoms. The van der Waals surface area contributed by atoms with Gasteiger partial charge in [-0.3, -0.25) is 9.69 Å². The number of nitriles is 1. The summed E-state index contributed by atoms with van der Waals surface area (Å²) in [5.41, 5.74) is 1.17. The van der Waals surface area contributed by atoms with Crippen LogP contribution >= 0.6 is 0 Å². The minimum Gasteiger partial charge on any atom is -0.326 e. The fourth-order valence-corrected chi connectivity index (χ4v) is 2.30. The minimum absolute atomic E-state index is 0.142. The Labute approximate surface area is 118 Å². The molecule has 0 aliphatic carbocycles. The molecular formula is C15H17N3O2.